The molecule has 4 N–H and O–H groups in total. The van der Waals surface area contributed by atoms with Crippen LogP contribution in [-0.2, 0) is 16.0 Å². The van der Waals surface area contributed by atoms with Gasteiger partial charge in [-0.05, 0) is 5.56 Å². The van der Waals surface area contributed by atoms with Crippen molar-refractivity contribution in [1.29, 1.82) is 0 Å². The lowest BCUT2D eigenvalue weighted by molar-refractivity contribution is -0.553. The van der Waals surface area contributed by atoms with Crippen LogP contribution in [0.25, 0.3) is 0 Å². The molecule has 1 rings (SSSR count). The van der Waals surface area contributed by atoms with Gasteiger partial charge in [0.1, 0.15) is 0 Å². The van der Waals surface area contributed by atoms with E-state index in [0.717, 1.165) is 0 Å². The Balaban J connectivity index is 3.06. The quantitative estimate of drug-likeness (QED) is 0.530. The Bertz CT molecular complexity index is 473. The molecule has 0 spiro atoms. The second-order valence-corrected chi connectivity index (χ2v) is 4.28. The normalized spacial score (nSPS) is 13.5. The average Bonchev–Trinajstić information content (AvgIpc) is 2.34. The molecule has 1 aromatic rings. The third-order valence-electron chi connectivity index (χ3n) is 2.93. The maximum Gasteiger partial charge on any atom is 0.302 e. The van der Waals surface area contributed by atoms with E-state index in [4.69, 9.17) is 11.5 Å². The Morgan fingerprint density at radius 1 is 1.21 bits per heavy atom. The molecule has 0 radical (unpaired) electrons. The topological polar surface area (TPSA) is 129 Å². The lowest BCUT2D eigenvalue weighted by atomic mass is 9.86. The molecule has 1 unspecified atom stereocenters. The Morgan fingerprint density at radius 3 is 2.21 bits per heavy atom. The molecule has 7 heteroatoms. The minimum atomic E-state index is -2.00. The fraction of sp³-hybridized carbons (Fsp3) is 0.333. The van der Waals surface area contributed by atoms with Crippen LogP contribution in [0.3, 0.4) is 0 Å². The third kappa shape index (κ3) is 3.51. The lowest BCUT2D eigenvalue weighted by Gasteiger charge is -2.21. The van der Waals surface area contributed by atoms with Crippen molar-refractivity contribution in [3.8, 4) is 0 Å². The predicted octanol–water partition coefficient (Wildman–Crippen LogP) is -0.00460. The molecule has 0 aliphatic carbocycles. The highest BCUT2D eigenvalue weighted by atomic mass is 16.6. The van der Waals surface area contributed by atoms with Crippen molar-refractivity contribution in [2.75, 3.05) is 0 Å². The van der Waals surface area contributed by atoms with Crippen LogP contribution in [0.15, 0.2) is 30.3 Å². The molecule has 0 saturated carbocycles. The molecule has 0 aliphatic heterocycles. The van der Waals surface area contributed by atoms with E-state index in [1.165, 1.54) is 0 Å². The van der Waals surface area contributed by atoms with E-state index in [9.17, 15) is 19.7 Å². The summed E-state index contributed by atoms with van der Waals surface area (Å²) in [6.45, 7) is 0. The van der Waals surface area contributed by atoms with Crippen LogP contribution in [0.1, 0.15) is 18.4 Å². The van der Waals surface area contributed by atoms with Crippen molar-refractivity contribution in [1.82, 2.24) is 0 Å². The van der Waals surface area contributed by atoms with Crippen molar-refractivity contribution in [2.24, 2.45) is 11.5 Å². The molecular formula is C12H15N3O4. The van der Waals surface area contributed by atoms with Crippen LogP contribution in [0.5, 0.6) is 0 Å². The number of carbonyl (C=O) groups is 2. The molecule has 1 atom stereocenters. The van der Waals surface area contributed by atoms with Crippen LogP contribution in [0.4, 0.5) is 0 Å². The molecule has 0 aliphatic rings. The monoisotopic (exact) mass is 265 g/mol. The first-order valence-electron chi connectivity index (χ1n) is 5.65. The summed E-state index contributed by atoms with van der Waals surface area (Å²) in [5.41, 5.74) is 8.75. The molecule has 0 aromatic heterocycles. The molecule has 1 aromatic carbocycles. The maximum atomic E-state index is 11.5. The van der Waals surface area contributed by atoms with Gasteiger partial charge in [0.2, 0.25) is 5.91 Å². The molecule has 102 valence electrons. The lowest BCUT2D eigenvalue weighted by Crippen LogP contribution is -2.52. The summed E-state index contributed by atoms with van der Waals surface area (Å²) in [5.74, 6) is -1.77. The fourth-order valence-electron chi connectivity index (χ4n) is 1.81. The zero-order valence-corrected chi connectivity index (χ0v) is 10.2. The summed E-state index contributed by atoms with van der Waals surface area (Å²) in [6.07, 6.45) is -0.736. The van der Waals surface area contributed by atoms with Crippen LogP contribution < -0.4 is 11.5 Å². The summed E-state index contributed by atoms with van der Waals surface area (Å²) >= 11 is 0. The molecule has 7 nitrogen and oxygen atoms in total. The second kappa shape index (κ2) is 5.94. The van der Waals surface area contributed by atoms with E-state index in [1.54, 1.807) is 30.3 Å². The summed E-state index contributed by atoms with van der Waals surface area (Å²) in [7, 11) is 0. The van der Waals surface area contributed by atoms with Gasteiger partial charge in [0, 0.05) is 17.8 Å². The molecule has 0 fully saturated rings. The van der Waals surface area contributed by atoms with Gasteiger partial charge in [-0.1, -0.05) is 30.3 Å². The van der Waals surface area contributed by atoms with E-state index in [1.807, 2.05) is 0 Å². The van der Waals surface area contributed by atoms with Gasteiger partial charge in [0.05, 0.1) is 6.42 Å². The number of hydrogen-bond acceptors (Lipinski definition) is 4. The Hall–Kier alpha value is -2.44. The zero-order chi connectivity index (χ0) is 14.5. The standard InChI is InChI=1S/C12H15N3O4/c13-10(16)6-7-12(11(14)17,15(18)19)8-9-4-2-1-3-5-9/h1-5H,6-8H2,(H2,13,16)(H2,14,17). The van der Waals surface area contributed by atoms with Gasteiger partial charge < -0.3 is 11.5 Å². The van der Waals surface area contributed by atoms with Gasteiger partial charge in [0.15, 0.2) is 0 Å². The number of nitrogens with zero attached hydrogens (tertiary/aromatic N) is 1. The minimum absolute atomic E-state index is 0.163. The number of nitro groups is 1. The first-order valence-corrected chi connectivity index (χ1v) is 5.65. The summed E-state index contributed by atoms with van der Waals surface area (Å²) in [6, 6.07) is 8.48. The van der Waals surface area contributed by atoms with Crippen molar-refractivity contribution in [3.05, 3.63) is 46.0 Å². The third-order valence-corrected chi connectivity index (χ3v) is 2.93. The summed E-state index contributed by atoms with van der Waals surface area (Å²) < 4.78 is 0. The number of primary amides is 2. The van der Waals surface area contributed by atoms with Gasteiger partial charge in [-0.3, -0.25) is 19.7 Å². The highest BCUT2D eigenvalue weighted by Gasteiger charge is 2.49. The van der Waals surface area contributed by atoms with Gasteiger partial charge in [-0.2, -0.15) is 0 Å². The molecule has 2 amide bonds. The largest absolute Gasteiger partial charge is 0.370 e. The van der Waals surface area contributed by atoms with Crippen LogP contribution in [0, 0.1) is 10.1 Å². The first-order chi connectivity index (χ1) is 8.88. The SMILES string of the molecule is NC(=O)CCC(Cc1ccccc1)(C(N)=O)[N+](=O)[O-]. The Kier molecular flexibility index (Phi) is 4.57. The van der Waals surface area contributed by atoms with E-state index in [0.29, 0.717) is 5.56 Å². The number of benzene rings is 1. The molecule has 0 bridgehead atoms. The number of hydrogen-bond donors (Lipinski definition) is 2. The predicted molar refractivity (Wildman–Crippen MR) is 67.5 cm³/mol. The van der Waals surface area contributed by atoms with Crippen LogP contribution >= 0.6 is 0 Å². The highest BCUT2D eigenvalue weighted by molar-refractivity contribution is 5.84. The van der Waals surface area contributed by atoms with E-state index in [2.05, 4.69) is 0 Å². The first kappa shape index (κ1) is 14.6. The van der Waals surface area contributed by atoms with Crippen molar-refractivity contribution < 1.29 is 14.5 Å². The second-order valence-electron chi connectivity index (χ2n) is 4.28. The van der Waals surface area contributed by atoms with Crippen molar-refractivity contribution in [3.63, 3.8) is 0 Å². The van der Waals surface area contributed by atoms with Gasteiger partial charge in [0.25, 0.3) is 5.91 Å². The van der Waals surface area contributed by atoms with Gasteiger partial charge in [-0.15, -0.1) is 0 Å². The minimum Gasteiger partial charge on any atom is -0.370 e. The fourth-order valence-corrected chi connectivity index (χ4v) is 1.81. The number of amides is 2. The van der Waals surface area contributed by atoms with E-state index >= 15 is 0 Å². The Morgan fingerprint density at radius 2 is 1.79 bits per heavy atom. The van der Waals surface area contributed by atoms with Crippen LogP contribution in [-0.4, -0.2) is 22.3 Å². The maximum absolute atomic E-state index is 11.5. The molecular weight excluding hydrogens is 250 g/mol. The highest BCUT2D eigenvalue weighted by Crippen LogP contribution is 2.23. The Labute approximate surface area is 109 Å². The molecule has 0 saturated heterocycles. The van der Waals surface area contributed by atoms with E-state index < -0.39 is 22.3 Å². The molecule has 19 heavy (non-hydrogen) atoms. The van der Waals surface area contributed by atoms with Crippen molar-refractivity contribution >= 4 is 11.8 Å². The summed E-state index contributed by atoms with van der Waals surface area (Å²) in [4.78, 5) is 32.8. The average molecular weight is 265 g/mol. The van der Waals surface area contributed by atoms with Crippen molar-refractivity contribution in [2.45, 2.75) is 24.8 Å². The van der Waals surface area contributed by atoms with Gasteiger partial charge in [-0.25, -0.2) is 0 Å². The smallest absolute Gasteiger partial charge is 0.302 e. The van der Waals surface area contributed by atoms with Gasteiger partial charge >= 0.3 is 5.54 Å². The number of rotatable bonds is 7. The summed E-state index contributed by atoms with van der Waals surface area (Å²) in [5, 5.41) is 11.2. The molecule has 0 heterocycles. The van der Waals surface area contributed by atoms with Crippen LogP contribution in [0.2, 0.25) is 0 Å². The van der Waals surface area contributed by atoms with E-state index in [-0.39, 0.29) is 19.3 Å². The number of carbonyl (C=O) groups excluding carboxylic acids is 2. The zero-order valence-electron chi connectivity index (χ0n) is 10.2. The number of nitrogens with two attached hydrogens (primary N) is 2.